The smallest absolute Gasteiger partial charge is 0.394 e. The molecular weight excluding hydrogens is 225 g/mol. The van der Waals surface area contributed by atoms with Gasteiger partial charge in [-0.15, -0.1) is 0 Å². The van der Waals surface area contributed by atoms with E-state index in [4.69, 9.17) is 0 Å². The molecule has 1 amide bonds. The first-order valence-corrected chi connectivity index (χ1v) is 4.60. The molecule has 1 radical (unpaired) electrons. The minimum absolute atomic E-state index is 0. The Morgan fingerprint density at radius 2 is 1.47 bits per heavy atom. The van der Waals surface area contributed by atoms with Gasteiger partial charge in [0.25, 0.3) is 0 Å². The topological polar surface area (TPSA) is 20.3 Å². The zero-order valence-corrected chi connectivity index (χ0v) is 11.7. The molecule has 3 heteroatoms. The molecule has 2 nitrogen and oxygen atoms in total. The maximum Gasteiger partial charge on any atom is 2.00 e. The van der Waals surface area contributed by atoms with E-state index in [0.29, 0.717) is 0 Å². The average Bonchev–Trinajstić information content (AvgIpc) is 2.01. The van der Waals surface area contributed by atoms with Crippen molar-refractivity contribution in [2.75, 3.05) is 7.05 Å². The number of nitrogens with zero attached hydrogens (tertiary/aromatic N) is 1. The molecule has 0 aliphatic carbocycles. The molecule has 0 spiro atoms. The predicted molar refractivity (Wildman–Crippen MR) is 62.8 cm³/mol. The van der Waals surface area contributed by atoms with Crippen molar-refractivity contribution in [2.45, 2.75) is 54.5 Å². The van der Waals surface area contributed by atoms with Crippen molar-refractivity contribution >= 4 is 5.91 Å². The summed E-state index contributed by atoms with van der Waals surface area (Å²) in [6.07, 6.45) is 0. The van der Waals surface area contributed by atoms with Crippen molar-refractivity contribution in [3.05, 3.63) is 11.8 Å². The van der Waals surface area contributed by atoms with E-state index in [1.54, 1.807) is 4.90 Å². The summed E-state index contributed by atoms with van der Waals surface area (Å²) < 4.78 is 0. The van der Waals surface area contributed by atoms with Crippen molar-refractivity contribution in [3.63, 3.8) is 0 Å². The second-order valence-corrected chi connectivity index (χ2v) is 4.42. The number of hydrogen-bond acceptors (Lipinski definition) is 1. The largest absolute Gasteiger partial charge is 2.00 e. The standard InChI is InChI=1S/C11H21NO.CH4.V/c1-8(2)10(13)12(7)11(5,6)9(3)4;;/h1-7H3;1H4;/q-2;;+2. The Morgan fingerprint density at radius 1 is 1.13 bits per heavy atom. The molecule has 0 N–H and O–H groups in total. The number of carbonyl (C=O) groups is 1. The van der Waals surface area contributed by atoms with Gasteiger partial charge in [0.2, 0.25) is 0 Å². The van der Waals surface area contributed by atoms with Crippen LogP contribution in [0.5, 0.6) is 0 Å². The summed E-state index contributed by atoms with van der Waals surface area (Å²) in [6.45, 7) is 11.9. The van der Waals surface area contributed by atoms with Crippen molar-refractivity contribution in [1.82, 2.24) is 4.90 Å². The molecule has 0 saturated carbocycles. The summed E-state index contributed by atoms with van der Waals surface area (Å²) in [7, 11) is 1.85. The molecule has 0 aromatic rings. The van der Waals surface area contributed by atoms with E-state index in [9.17, 15) is 4.79 Å². The van der Waals surface area contributed by atoms with Gasteiger partial charge < -0.3 is 9.69 Å². The van der Waals surface area contributed by atoms with Crippen LogP contribution in [-0.4, -0.2) is 23.4 Å². The fourth-order valence-electron chi connectivity index (χ4n) is 0.925. The third kappa shape index (κ3) is 4.99. The van der Waals surface area contributed by atoms with Crippen molar-refractivity contribution in [1.29, 1.82) is 0 Å². The van der Waals surface area contributed by atoms with Gasteiger partial charge in [0.05, 0.1) is 5.91 Å². The van der Waals surface area contributed by atoms with E-state index >= 15 is 0 Å². The molecule has 0 saturated heterocycles. The molecular formula is C12H25NOV. The van der Waals surface area contributed by atoms with Gasteiger partial charge in [-0.25, -0.2) is 0 Å². The molecule has 0 bridgehead atoms. The number of amides is 1. The molecule has 0 heterocycles. The van der Waals surface area contributed by atoms with Crippen LogP contribution < -0.4 is 0 Å². The van der Waals surface area contributed by atoms with Crippen LogP contribution in [0.2, 0.25) is 0 Å². The molecule has 0 fully saturated rings. The van der Waals surface area contributed by atoms with Crippen molar-refractivity contribution in [3.8, 4) is 0 Å². The summed E-state index contributed by atoms with van der Waals surface area (Å²) in [5.74, 6) is 2.19. The summed E-state index contributed by atoms with van der Waals surface area (Å²) in [5.41, 5.74) is -0.158. The molecule has 0 aliphatic rings. The van der Waals surface area contributed by atoms with Gasteiger partial charge in [0.1, 0.15) is 0 Å². The number of rotatable bonds is 3. The molecule has 0 aromatic carbocycles. The fourth-order valence-corrected chi connectivity index (χ4v) is 0.925. The average molecular weight is 250 g/mol. The minimum Gasteiger partial charge on any atom is -0.394 e. The SMILES string of the molecule is C.C[C-](C)C(=O)N(C)C(C)(C)[C-](C)C.[V+2]. The molecule has 0 atom stereocenters. The first-order chi connectivity index (χ1) is 5.71. The maximum atomic E-state index is 11.7. The van der Waals surface area contributed by atoms with E-state index in [0.717, 1.165) is 5.92 Å². The van der Waals surface area contributed by atoms with Gasteiger partial charge in [-0.05, 0) is 0 Å². The third-order valence-corrected chi connectivity index (χ3v) is 2.79. The van der Waals surface area contributed by atoms with Crippen LogP contribution in [-0.2, 0) is 23.4 Å². The second kappa shape index (κ2) is 7.24. The minimum atomic E-state index is -0.158. The molecule has 15 heavy (non-hydrogen) atoms. The second-order valence-electron chi connectivity index (χ2n) is 4.42. The Hall–Kier alpha value is -0.0756. The fraction of sp³-hybridized carbons (Fsp3) is 0.750. The van der Waals surface area contributed by atoms with E-state index < -0.39 is 0 Å². The van der Waals surface area contributed by atoms with Crippen molar-refractivity contribution in [2.24, 2.45) is 0 Å². The van der Waals surface area contributed by atoms with Gasteiger partial charge >= 0.3 is 18.6 Å². The van der Waals surface area contributed by atoms with Crippen LogP contribution in [0.15, 0.2) is 0 Å². The zero-order chi connectivity index (χ0) is 10.8. The molecule has 89 valence electrons. The van der Waals surface area contributed by atoms with E-state index in [2.05, 4.69) is 27.7 Å². The number of hydrogen-bond donors (Lipinski definition) is 0. The summed E-state index contributed by atoms with van der Waals surface area (Å²) in [4.78, 5) is 13.5. The van der Waals surface area contributed by atoms with Gasteiger partial charge in [-0.1, -0.05) is 26.8 Å². The van der Waals surface area contributed by atoms with Crippen LogP contribution in [0.1, 0.15) is 49.0 Å². The molecule has 0 aromatic heterocycles. The molecule has 0 aliphatic heterocycles. The zero-order valence-electron chi connectivity index (χ0n) is 10.3. The third-order valence-electron chi connectivity index (χ3n) is 2.79. The normalized spacial score (nSPS) is 10.1. The summed E-state index contributed by atoms with van der Waals surface area (Å²) in [6, 6.07) is 0. The monoisotopic (exact) mass is 250 g/mol. The maximum absolute atomic E-state index is 11.7. The Morgan fingerprint density at radius 3 is 1.67 bits per heavy atom. The van der Waals surface area contributed by atoms with Crippen LogP contribution >= 0.6 is 0 Å². The summed E-state index contributed by atoms with van der Waals surface area (Å²) >= 11 is 0. The van der Waals surface area contributed by atoms with Gasteiger partial charge in [-0.2, -0.15) is 27.7 Å². The van der Waals surface area contributed by atoms with Gasteiger partial charge in [-0.3, -0.25) is 11.8 Å². The van der Waals surface area contributed by atoms with Crippen LogP contribution in [0.4, 0.5) is 0 Å². The Kier molecular flexibility index (Phi) is 9.82. The number of carbonyl (C=O) groups excluding carboxylic acids is 1. The Balaban J connectivity index is -0.000000720. The van der Waals surface area contributed by atoms with Crippen molar-refractivity contribution < 1.29 is 23.4 Å². The van der Waals surface area contributed by atoms with Crippen LogP contribution in [0.25, 0.3) is 0 Å². The predicted octanol–water partition coefficient (Wildman–Crippen LogP) is 3.09. The van der Waals surface area contributed by atoms with Crippen LogP contribution in [0, 0.1) is 11.8 Å². The molecule has 0 rings (SSSR count). The summed E-state index contributed by atoms with van der Waals surface area (Å²) in [5, 5.41) is 0. The van der Waals surface area contributed by atoms with Gasteiger partial charge in [0, 0.05) is 7.05 Å². The van der Waals surface area contributed by atoms with Crippen LogP contribution in [0.3, 0.4) is 0 Å². The van der Waals surface area contributed by atoms with Gasteiger partial charge in [0.15, 0.2) is 0 Å². The van der Waals surface area contributed by atoms with E-state index in [1.165, 1.54) is 5.92 Å². The quantitative estimate of drug-likeness (QED) is 0.705. The van der Waals surface area contributed by atoms with E-state index in [-0.39, 0.29) is 37.4 Å². The first-order valence-electron chi connectivity index (χ1n) is 4.60. The Bertz CT molecular complexity index is 188. The Labute approximate surface area is 108 Å². The van der Waals surface area contributed by atoms with E-state index in [1.807, 2.05) is 20.9 Å². The first kappa shape index (κ1) is 20.4. The molecule has 0 unspecified atom stereocenters.